The van der Waals surface area contributed by atoms with Gasteiger partial charge in [0.2, 0.25) is 0 Å². The van der Waals surface area contributed by atoms with Crippen LogP contribution in [0.15, 0.2) is 48.9 Å². The maximum atomic E-state index is 8.36. The number of hydrogen-bond donors (Lipinski definition) is 2. The van der Waals surface area contributed by atoms with Crippen LogP contribution in [0.25, 0.3) is 22.3 Å². The van der Waals surface area contributed by atoms with E-state index in [4.69, 9.17) is 9.90 Å². The third-order valence-electron chi connectivity index (χ3n) is 4.53. The van der Waals surface area contributed by atoms with Crippen LogP contribution in [0.2, 0.25) is 0 Å². The van der Waals surface area contributed by atoms with Crippen molar-refractivity contribution in [3.8, 4) is 11.3 Å². The van der Waals surface area contributed by atoms with Crippen molar-refractivity contribution in [2.75, 3.05) is 0 Å². The summed E-state index contributed by atoms with van der Waals surface area (Å²) in [7, 11) is 0. The predicted molar refractivity (Wildman–Crippen MR) is 101 cm³/mol. The molecule has 1 fully saturated rings. The van der Waals surface area contributed by atoms with Crippen LogP contribution in [0, 0.1) is 0 Å². The first-order valence-corrected chi connectivity index (χ1v) is 8.77. The summed E-state index contributed by atoms with van der Waals surface area (Å²) in [5, 5.41) is 10.6. The molecule has 0 bridgehead atoms. The summed E-state index contributed by atoms with van der Waals surface area (Å²) >= 11 is 0. The van der Waals surface area contributed by atoms with Gasteiger partial charge in [0.15, 0.2) is 0 Å². The molecule has 0 aliphatic heterocycles. The molecule has 134 valence electrons. The van der Waals surface area contributed by atoms with Gasteiger partial charge in [-0.3, -0.25) is 19.7 Å². The van der Waals surface area contributed by atoms with Crippen LogP contribution in [0.5, 0.6) is 0 Å². The van der Waals surface area contributed by atoms with Gasteiger partial charge in [0.05, 0.1) is 17.4 Å². The maximum absolute atomic E-state index is 8.36. The lowest BCUT2D eigenvalue weighted by Gasteiger charge is -2.12. The highest BCUT2D eigenvalue weighted by Crippen LogP contribution is 2.22. The minimum Gasteiger partial charge on any atom is -0.483 e. The zero-order chi connectivity index (χ0) is 18.2. The molecular weight excluding hydrogens is 328 g/mol. The molecule has 1 aliphatic rings. The molecule has 1 aliphatic carbocycles. The van der Waals surface area contributed by atoms with Crippen LogP contribution in [0.3, 0.4) is 0 Å². The fourth-order valence-corrected chi connectivity index (χ4v) is 3.26. The first-order valence-electron chi connectivity index (χ1n) is 8.77. The van der Waals surface area contributed by atoms with Crippen molar-refractivity contribution >= 4 is 17.5 Å². The van der Waals surface area contributed by atoms with Crippen molar-refractivity contribution in [1.29, 1.82) is 0 Å². The Morgan fingerprint density at radius 1 is 1.08 bits per heavy atom. The van der Waals surface area contributed by atoms with Crippen LogP contribution in [-0.4, -0.2) is 32.6 Å². The highest BCUT2D eigenvalue weighted by molar-refractivity contribution is 5.78. The van der Waals surface area contributed by atoms with Crippen LogP contribution in [0.1, 0.15) is 31.2 Å². The van der Waals surface area contributed by atoms with Crippen molar-refractivity contribution in [3.05, 3.63) is 54.5 Å². The summed E-state index contributed by atoms with van der Waals surface area (Å²) in [4.78, 5) is 21.5. The minimum atomic E-state index is -0.250. The lowest BCUT2D eigenvalue weighted by atomic mass is 10.1. The van der Waals surface area contributed by atoms with E-state index >= 15 is 0 Å². The normalized spacial score (nSPS) is 14.0. The van der Waals surface area contributed by atoms with Gasteiger partial charge in [-0.1, -0.05) is 31.0 Å². The largest absolute Gasteiger partial charge is 0.483 e. The average molecular weight is 350 g/mol. The number of pyridine rings is 1. The number of carbonyl (C=O) groups is 1. The summed E-state index contributed by atoms with van der Waals surface area (Å²) in [6, 6.07) is 11.3. The van der Waals surface area contributed by atoms with Gasteiger partial charge in [-0.15, -0.1) is 0 Å². The molecule has 0 amide bonds. The highest BCUT2D eigenvalue weighted by Gasteiger charge is 2.13. The summed E-state index contributed by atoms with van der Waals surface area (Å²) in [6.07, 6.45) is 10.5. The first-order chi connectivity index (χ1) is 12.8. The molecule has 26 heavy (non-hydrogen) atoms. The van der Waals surface area contributed by atoms with E-state index in [1.165, 1.54) is 31.2 Å². The van der Waals surface area contributed by atoms with Crippen molar-refractivity contribution in [1.82, 2.24) is 20.3 Å². The van der Waals surface area contributed by atoms with Crippen molar-refractivity contribution < 1.29 is 9.90 Å². The van der Waals surface area contributed by atoms with E-state index in [9.17, 15) is 0 Å². The van der Waals surface area contributed by atoms with Gasteiger partial charge in [-0.05, 0) is 30.5 Å². The number of fused-ring (bicyclic) bond motifs is 1. The van der Waals surface area contributed by atoms with Gasteiger partial charge in [0, 0.05) is 30.5 Å². The number of benzene rings is 1. The maximum Gasteiger partial charge on any atom is 0.290 e. The molecule has 6 nitrogen and oxygen atoms in total. The number of hydrogen-bond acceptors (Lipinski definition) is 5. The Bertz CT molecular complexity index is 863. The number of carboxylic acid groups (broad SMARTS) is 1. The number of aromatic nitrogens is 3. The van der Waals surface area contributed by atoms with Crippen molar-refractivity contribution in [2.45, 2.75) is 38.3 Å². The Kier molecular flexibility index (Phi) is 6.22. The van der Waals surface area contributed by atoms with E-state index in [-0.39, 0.29) is 6.47 Å². The molecule has 0 atom stereocenters. The van der Waals surface area contributed by atoms with Gasteiger partial charge in [0.25, 0.3) is 6.47 Å². The van der Waals surface area contributed by atoms with Crippen LogP contribution >= 0.6 is 0 Å². The van der Waals surface area contributed by atoms with Crippen LogP contribution < -0.4 is 5.32 Å². The zero-order valence-electron chi connectivity index (χ0n) is 14.5. The van der Waals surface area contributed by atoms with E-state index in [1.54, 1.807) is 18.6 Å². The lowest BCUT2D eigenvalue weighted by molar-refractivity contribution is -0.122. The molecule has 4 rings (SSSR count). The molecule has 6 heteroatoms. The van der Waals surface area contributed by atoms with E-state index < -0.39 is 0 Å². The Balaban J connectivity index is 0.000000613. The summed E-state index contributed by atoms with van der Waals surface area (Å²) in [5.74, 6) is 0. The second kappa shape index (κ2) is 9.01. The van der Waals surface area contributed by atoms with Gasteiger partial charge in [0.1, 0.15) is 5.52 Å². The molecule has 2 aromatic heterocycles. The predicted octanol–water partition coefficient (Wildman–Crippen LogP) is 3.42. The van der Waals surface area contributed by atoms with E-state index in [0.717, 1.165) is 28.8 Å². The lowest BCUT2D eigenvalue weighted by Crippen LogP contribution is -2.25. The molecule has 2 N–H and O–H groups in total. The SMILES string of the molecule is O=CO.c1cc(CNC2CCCC2)cc(-c2cc3nccnc3cn2)c1. The van der Waals surface area contributed by atoms with Crippen LogP contribution in [-0.2, 0) is 11.3 Å². The quantitative estimate of drug-likeness (QED) is 0.701. The molecule has 3 aromatic rings. The third-order valence-corrected chi connectivity index (χ3v) is 4.53. The summed E-state index contributed by atoms with van der Waals surface area (Å²) in [6.45, 7) is 0.673. The van der Waals surface area contributed by atoms with Gasteiger partial charge in [-0.2, -0.15) is 0 Å². The van der Waals surface area contributed by atoms with Gasteiger partial charge in [-0.25, -0.2) is 0 Å². The number of nitrogens with zero attached hydrogens (tertiary/aromatic N) is 3. The second-order valence-electron chi connectivity index (χ2n) is 6.28. The fraction of sp³-hybridized carbons (Fsp3) is 0.300. The number of nitrogens with one attached hydrogen (secondary N) is 1. The second-order valence-corrected chi connectivity index (χ2v) is 6.28. The monoisotopic (exact) mass is 350 g/mol. The van der Waals surface area contributed by atoms with Crippen LogP contribution in [0.4, 0.5) is 0 Å². The molecule has 1 saturated carbocycles. The fourth-order valence-electron chi connectivity index (χ4n) is 3.26. The summed E-state index contributed by atoms with van der Waals surface area (Å²) in [5.41, 5.74) is 5.08. The topological polar surface area (TPSA) is 88.0 Å². The minimum absolute atomic E-state index is 0.250. The van der Waals surface area contributed by atoms with E-state index in [0.29, 0.717) is 6.04 Å². The Labute approximate surface area is 152 Å². The molecule has 1 aromatic carbocycles. The zero-order valence-corrected chi connectivity index (χ0v) is 14.5. The molecular formula is C20H22N4O2. The smallest absolute Gasteiger partial charge is 0.290 e. The molecule has 0 saturated heterocycles. The average Bonchev–Trinajstić information content (AvgIpc) is 3.20. The van der Waals surface area contributed by atoms with Crippen molar-refractivity contribution in [2.24, 2.45) is 0 Å². The third kappa shape index (κ3) is 4.61. The van der Waals surface area contributed by atoms with Crippen molar-refractivity contribution in [3.63, 3.8) is 0 Å². The number of rotatable bonds is 4. The van der Waals surface area contributed by atoms with E-state index in [1.807, 2.05) is 6.07 Å². The molecule has 0 unspecified atom stereocenters. The summed E-state index contributed by atoms with van der Waals surface area (Å²) < 4.78 is 0. The highest BCUT2D eigenvalue weighted by atomic mass is 16.3. The van der Waals surface area contributed by atoms with Gasteiger partial charge < -0.3 is 10.4 Å². The Morgan fingerprint density at radius 2 is 1.81 bits per heavy atom. The molecule has 2 heterocycles. The van der Waals surface area contributed by atoms with E-state index in [2.05, 4.69) is 44.5 Å². The standard InChI is InChI=1S/C19H20N4.CH2O2/c1-2-7-16(6-1)22-12-14-4-3-5-15(10-14)17-11-18-19(13-23-17)21-9-8-20-18;2-1-3/h3-5,8-11,13,16,22H,1-2,6-7,12H2;1H,(H,2,3). The Morgan fingerprint density at radius 3 is 2.58 bits per heavy atom. The Hall–Kier alpha value is -2.86. The first kappa shape index (κ1) is 17.9. The molecule has 0 spiro atoms. The molecule has 0 radical (unpaired) electrons. The van der Waals surface area contributed by atoms with Gasteiger partial charge >= 0.3 is 0 Å².